The highest BCUT2D eigenvalue weighted by atomic mass is 16.3. The molecule has 2 atom stereocenters. The Bertz CT molecular complexity index is 765. The van der Waals surface area contributed by atoms with E-state index in [0.717, 1.165) is 29.5 Å². The number of phenols is 2. The maximum Gasteiger partial charge on any atom is 0.123 e. The number of phenolic OH excluding ortho intramolecular Hbond substituents is 2. The molecule has 2 heteroatoms. The largest absolute Gasteiger partial charge is 0.508 e. The molecule has 0 saturated heterocycles. The topological polar surface area (TPSA) is 40.5 Å². The van der Waals surface area contributed by atoms with E-state index in [1.165, 1.54) is 11.6 Å². The molecule has 23 heavy (non-hydrogen) atoms. The molecular formula is C21H30O2. The summed E-state index contributed by atoms with van der Waals surface area (Å²) in [5, 5.41) is 20.6. The highest BCUT2D eigenvalue weighted by molar-refractivity contribution is 5.50. The average Bonchev–Trinajstić information content (AvgIpc) is 2.52. The minimum atomic E-state index is -2.68. The van der Waals surface area contributed by atoms with Crippen LogP contribution in [0.3, 0.4) is 0 Å². The van der Waals surface area contributed by atoms with Gasteiger partial charge in [0.15, 0.2) is 0 Å². The lowest BCUT2D eigenvalue weighted by atomic mass is 9.72. The summed E-state index contributed by atoms with van der Waals surface area (Å²) in [5.74, 6) is 0.0578. The van der Waals surface area contributed by atoms with Crippen molar-refractivity contribution in [2.45, 2.75) is 65.1 Å². The van der Waals surface area contributed by atoms with Crippen molar-refractivity contribution >= 4 is 0 Å². The van der Waals surface area contributed by atoms with Gasteiger partial charge in [-0.15, -0.1) is 0 Å². The molecule has 0 aliphatic heterocycles. The van der Waals surface area contributed by atoms with Crippen molar-refractivity contribution in [3.05, 3.63) is 47.1 Å². The van der Waals surface area contributed by atoms with Crippen molar-refractivity contribution < 1.29 is 17.1 Å². The Morgan fingerprint density at radius 3 is 2.87 bits per heavy atom. The second-order valence-electron chi connectivity index (χ2n) is 6.60. The summed E-state index contributed by atoms with van der Waals surface area (Å²) in [5.41, 5.74) is 3.71. The molecular weight excluding hydrogens is 284 g/mol. The van der Waals surface area contributed by atoms with Gasteiger partial charge in [0.2, 0.25) is 0 Å². The fourth-order valence-corrected chi connectivity index (χ4v) is 3.55. The van der Waals surface area contributed by atoms with Crippen LogP contribution in [0.2, 0.25) is 0 Å². The molecule has 2 N–H and O–H groups in total. The van der Waals surface area contributed by atoms with E-state index < -0.39 is 13.2 Å². The van der Waals surface area contributed by atoms with Gasteiger partial charge >= 0.3 is 0 Å². The second-order valence-corrected chi connectivity index (χ2v) is 6.60. The highest BCUT2D eigenvalue weighted by Gasteiger charge is 2.29. The summed E-state index contributed by atoms with van der Waals surface area (Å²) < 4.78 is 37.6. The van der Waals surface area contributed by atoms with E-state index in [1.54, 1.807) is 6.07 Å². The van der Waals surface area contributed by atoms with Crippen LogP contribution in [0.5, 0.6) is 11.5 Å². The third kappa shape index (κ3) is 4.19. The molecule has 2 rings (SSSR count). The first-order chi connectivity index (χ1) is 12.8. The summed E-state index contributed by atoms with van der Waals surface area (Å²) in [7, 11) is 0. The quantitative estimate of drug-likeness (QED) is 0.646. The van der Waals surface area contributed by atoms with Crippen LogP contribution in [0.15, 0.2) is 35.9 Å². The molecule has 1 aliphatic carbocycles. The van der Waals surface area contributed by atoms with Crippen LogP contribution in [-0.4, -0.2) is 10.2 Å². The monoisotopic (exact) mass is 319 g/mol. The molecule has 0 bridgehead atoms. The fourth-order valence-electron chi connectivity index (χ4n) is 3.55. The molecule has 0 spiro atoms. The molecule has 126 valence electrons. The van der Waals surface area contributed by atoms with E-state index in [1.807, 2.05) is 6.92 Å². The van der Waals surface area contributed by atoms with Gasteiger partial charge in [0.25, 0.3) is 0 Å². The maximum atomic E-state index is 10.6. The first-order valence-corrected chi connectivity index (χ1v) is 8.21. The lowest BCUT2D eigenvalue weighted by Gasteiger charge is -2.32. The molecule has 0 heterocycles. The Kier molecular flexibility index (Phi) is 3.95. The third-order valence-corrected chi connectivity index (χ3v) is 4.69. The summed E-state index contributed by atoms with van der Waals surface area (Å²) >= 11 is 0. The van der Waals surface area contributed by atoms with Gasteiger partial charge in [-0.1, -0.05) is 43.4 Å². The SMILES string of the molecule is [2H]C([2H])([2H])C([2H])([2H])CCCc1cc(O)cc(O)c1[C@@H]1C=C(C)CC[C@H]1C(=C)C. The van der Waals surface area contributed by atoms with Gasteiger partial charge in [0.1, 0.15) is 11.5 Å². The number of aryl methyl sites for hydroxylation is 1. The predicted molar refractivity (Wildman–Crippen MR) is 97.0 cm³/mol. The van der Waals surface area contributed by atoms with Gasteiger partial charge in [-0.05, 0) is 57.1 Å². The fraction of sp³-hybridized carbons (Fsp3) is 0.524. The summed E-state index contributed by atoms with van der Waals surface area (Å²) in [6, 6.07) is 2.92. The first kappa shape index (κ1) is 11.8. The minimum Gasteiger partial charge on any atom is -0.508 e. The molecule has 0 saturated carbocycles. The lowest BCUT2D eigenvalue weighted by Crippen LogP contribution is -2.18. The molecule has 1 aromatic rings. The Labute approximate surface area is 147 Å². The summed E-state index contributed by atoms with van der Waals surface area (Å²) in [6.45, 7) is 5.47. The standard InChI is InChI=1S/C21H30O2/c1-5-6-7-8-16-12-17(22)13-20(23)21(16)19-11-15(4)9-10-18(19)14(2)3/h11-13,18-19,22-23H,2,5-10H2,1,3-4H3/t18-,19+/m0/s1/i1D3,5D2. The van der Waals surface area contributed by atoms with Gasteiger partial charge in [-0.3, -0.25) is 0 Å². The molecule has 1 aliphatic rings. The van der Waals surface area contributed by atoms with Crippen molar-refractivity contribution in [2.24, 2.45) is 5.92 Å². The Morgan fingerprint density at radius 2 is 2.17 bits per heavy atom. The number of hydrogen-bond donors (Lipinski definition) is 2. The molecule has 1 aromatic carbocycles. The molecule has 0 unspecified atom stereocenters. The van der Waals surface area contributed by atoms with Crippen molar-refractivity contribution in [3.63, 3.8) is 0 Å². The van der Waals surface area contributed by atoms with E-state index in [4.69, 9.17) is 6.85 Å². The highest BCUT2D eigenvalue weighted by Crippen LogP contribution is 2.45. The molecule has 0 aromatic heterocycles. The van der Waals surface area contributed by atoms with Crippen molar-refractivity contribution in [1.82, 2.24) is 0 Å². The first-order valence-electron chi connectivity index (χ1n) is 10.7. The Balaban J connectivity index is 2.36. The zero-order valence-electron chi connectivity index (χ0n) is 19.0. The van der Waals surface area contributed by atoms with Crippen LogP contribution in [0.1, 0.15) is 76.7 Å². The Morgan fingerprint density at radius 1 is 1.39 bits per heavy atom. The minimum absolute atomic E-state index is 0.0102. The number of benzene rings is 1. The van der Waals surface area contributed by atoms with Crippen molar-refractivity contribution in [2.75, 3.05) is 0 Å². The molecule has 0 fully saturated rings. The van der Waals surface area contributed by atoms with Gasteiger partial charge < -0.3 is 10.2 Å². The predicted octanol–water partition coefficient (Wildman–Crippen LogP) is 5.85. The average molecular weight is 319 g/mol. The number of hydrogen-bond acceptors (Lipinski definition) is 2. The van der Waals surface area contributed by atoms with Crippen molar-refractivity contribution in [1.29, 1.82) is 0 Å². The number of rotatable bonds is 6. The van der Waals surface area contributed by atoms with Crippen LogP contribution in [0.25, 0.3) is 0 Å². The van der Waals surface area contributed by atoms with Crippen molar-refractivity contribution in [3.8, 4) is 11.5 Å². The number of allylic oxidation sites excluding steroid dienone is 3. The van der Waals surface area contributed by atoms with E-state index in [9.17, 15) is 10.2 Å². The van der Waals surface area contributed by atoms with Crippen LogP contribution < -0.4 is 0 Å². The molecule has 0 radical (unpaired) electrons. The van der Waals surface area contributed by atoms with Crippen LogP contribution in [0.4, 0.5) is 0 Å². The van der Waals surface area contributed by atoms with Gasteiger partial charge in [0.05, 0.1) is 0 Å². The van der Waals surface area contributed by atoms with Crippen LogP contribution in [-0.2, 0) is 6.42 Å². The Hall–Kier alpha value is -1.70. The van der Waals surface area contributed by atoms with Gasteiger partial charge in [-0.25, -0.2) is 0 Å². The smallest absolute Gasteiger partial charge is 0.123 e. The van der Waals surface area contributed by atoms with E-state index in [-0.39, 0.29) is 29.8 Å². The maximum absolute atomic E-state index is 10.6. The third-order valence-electron chi connectivity index (χ3n) is 4.69. The normalized spacial score (nSPS) is 25.5. The van der Waals surface area contributed by atoms with E-state index >= 15 is 0 Å². The second kappa shape index (κ2) is 7.72. The molecule has 0 amide bonds. The molecule has 2 nitrogen and oxygen atoms in total. The van der Waals surface area contributed by atoms with E-state index in [0.29, 0.717) is 12.8 Å². The van der Waals surface area contributed by atoms with Gasteiger partial charge in [0, 0.05) is 24.4 Å². The zero-order valence-corrected chi connectivity index (χ0v) is 14.0. The van der Waals surface area contributed by atoms with E-state index in [2.05, 4.69) is 19.6 Å². The zero-order chi connectivity index (χ0) is 21.3. The summed E-state index contributed by atoms with van der Waals surface area (Å²) in [6.07, 6.45) is 2.33. The lowest BCUT2D eigenvalue weighted by molar-refractivity contribution is 0.423. The summed E-state index contributed by atoms with van der Waals surface area (Å²) in [4.78, 5) is 0. The number of aromatic hydroxyl groups is 2. The van der Waals surface area contributed by atoms with Crippen LogP contribution >= 0.6 is 0 Å². The van der Waals surface area contributed by atoms with Crippen LogP contribution in [0, 0.1) is 5.92 Å². The van der Waals surface area contributed by atoms with Gasteiger partial charge in [-0.2, -0.15) is 0 Å².